The molecule has 150 valence electrons. The van der Waals surface area contributed by atoms with Crippen LogP contribution in [0, 0.1) is 0 Å². The lowest BCUT2D eigenvalue weighted by Gasteiger charge is -2.38. The fourth-order valence-electron chi connectivity index (χ4n) is 3.95. The Morgan fingerprint density at radius 3 is 2.42 bits per heavy atom. The van der Waals surface area contributed by atoms with Gasteiger partial charge in [-0.15, -0.1) is 0 Å². The van der Waals surface area contributed by atoms with Gasteiger partial charge in [0.15, 0.2) is 0 Å². The number of ether oxygens (including phenoxy) is 1. The van der Waals surface area contributed by atoms with Crippen LogP contribution in [0.4, 0.5) is 0 Å². The number of carbonyl (C=O) groups excluding carboxylic acids is 2. The number of methoxy groups -OCH3 is 1. The normalized spacial score (nSPS) is 26.4. The SMILES string of the molecule is COC(C)(C)C(=O)N1CCCC(O)(CN2CCC(NC(C)=O)CC2)CC1. The second-order valence-corrected chi connectivity index (χ2v) is 8.34. The monoisotopic (exact) mass is 369 g/mol. The number of nitrogens with zero attached hydrogens (tertiary/aromatic N) is 2. The van der Waals surface area contributed by atoms with E-state index in [1.807, 2.05) is 4.90 Å². The van der Waals surface area contributed by atoms with E-state index in [0.717, 1.165) is 32.4 Å². The van der Waals surface area contributed by atoms with Crippen LogP contribution < -0.4 is 5.32 Å². The van der Waals surface area contributed by atoms with Crippen molar-refractivity contribution in [3.05, 3.63) is 0 Å². The van der Waals surface area contributed by atoms with Gasteiger partial charge in [0, 0.05) is 52.8 Å². The number of likely N-dealkylation sites (tertiary alicyclic amines) is 2. The molecule has 2 aliphatic rings. The predicted octanol–water partition coefficient (Wildman–Crippen LogP) is 0.756. The van der Waals surface area contributed by atoms with E-state index in [-0.39, 0.29) is 17.9 Å². The highest BCUT2D eigenvalue weighted by Gasteiger charge is 2.37. The van der Waals surface area contributed by atoms with Crippen LogP contribution in [0.2, 0.25) is 0 Å². The highest BCUT2D eigenvalue weighted by atomic mass is 16.5. The number of β-amino-alcohol motifs (C(OH)–C–C–N with tert-alkyl or cyclic N) is 1. The van der Waals surface area contributed by atoms with Gasteiger partial charge in [-0.1, -0.05) is 0 Å². The molecule has 2 saturated heterocycles. The maximum absolute atomic E-state index is 12.6. The lowest BCUT2D eigenvalue weighted by Crippen LogP contribution is -2.50. The Kier molecular flexibility index (Phi) is 7.05. The van der Waals surface area contributed by atoms with E-state index in [4.69, 9.17) is 4.74 Å². The van der Waals surface area contributed by atoms with Gasteiger partial charge < -0.3 is 25.0 Å². The van der Waals surface area contributed by atoms with Crippen molar-refractivity contribution < 1.29 is 19.4 Å². The molecule has 2 aliphatic heterocycles. The summed E-state index contributed by atoms with van der Waals surface area (Å²) in [4.78, 5) is 27.9. The minimum absolute atomic E-state index is 0.0135. The molecule has 0 radical (unpaired) electrons. The van der Waals surface area contributed by atoms with Crippen LogP contribution in [0.25, 0.3) is 0 Å². The van der Waals surface area contributed by atoms with Crippen LogP contribution in [0.1, 0.15) is 52.9 Å². The zero-order chi connectivity index (χ0) is 19.4. The number of aliphatic hydroxyl groups is 1. The van der Waals surface area contributed by atoms with Gasteiger partial charge in [-0.3, -0.25) is 9.59 Å². The van der Waals surface area contributed by atoms with E-state index < -0.39 is 11.2 Å². The Morgan fingerprint density at radius 1 is 1.19 bits per heavy atom. The van der Waals surface area contributed by atoms with Crippen molar-refractivity contribution in [3.8, 4) is 0 Å². The van der Waals surface area contributed by atoms with Crippen molar-refractivity contribution in [1.82, 2.24) is 15.1 Å². The average Bonchev–Trinajstić information content (AvgIpc) is 2.77. The molecule has 0 bridgehead atoms. The van der Waals surface area contributed by atoms with E-state index >= 15 is 0 Å². The summed E-state index contributed by atoms with van der Waals surface area (Å²) in [6.45, 7) is 8.74. The Bertz CT molecular complexity index is 503. The molecular weight excluding hydrogens is 334 g/mol. The van der Waals surface area contributed by atoms with Gasteiger partial charge in [0.05, 0.1) is 5.60 Å². The number of amides is 2. The van der Waals surface area contributed by atoms with Gasteiger partial charge in [-0.2, -0.15) is 0 Å². The quantitative estimate of drug-likeness (QED) is 0.748. The number of nitrogens with one attached hydrogen (secondary N) is 1. The molecule has 2 amide bonds. The Morgan fingerprint density at radius 2 is 1.85 bits per heavy atom. The average molecular weight is 370 g/mol. The molecular formula is C19H35N3O4. The number of hydrogen-bond donors (Lipinski definition) is 2. The number of rotatable bonds is 5. The molecule has 2 fully saturated rings. The molecule has 0 aromatic carbocycles. The van der Waals surface area contributed by atoms with E-state index in [9.17, 15) is 14.7 Å². The summed E-state index contributed by atoms with van der Waals surface area (Å²) >= 11 is 0. The van der Waals surface area contributed by atoms with Crippen LogP contribution >= 0.6 is 0 Å². The van der Waals surface area contributed by atoms with Crippen molar-refractivity contribution in [2.24, 2.45) is 0 Å². The van der Waals surface area contributed by atoms with E-state index in [1.54, 1.807) is 27.9 Å². The summed E-state index contributed by atoms with van der Waals surface area (Å²) in [5.41, 5.74) is -1.58. The smallest absolute Gasteiger partial charge is 0.254 e. The third-order valence-electron chi connectivity index (χ3n) is 5.74. The molecule has 0 aromatic rings. The molecule has 2 rings (SSSR count). The molecule has 0 spiro atoms. The molecule has 1 unspecified atom stereocenters. The minimum Gasteiger partial charge on any atom is -0.388 e. The predicted molar refractivity (Wildman–Crippen MR) is 99.7 cm³/mol. The Labute approximate surface area is 157 Å². The van der Waals surface area contributed by atoms with Crippen LogP contribution in [0.3, 0.4) is 0 Å². The third-order valence-corrected chi connectivity index (χ3v) is 5.74. The summed E-state index contributed by atoms with van der Waals surface area (Å²) < 4.78 is 5.31. The van der Waals surface area contributed by atoms with Gasteiger partial charge >= 0.3 is 0 Å². The highest BCUT2D eigenvalue weighted by molar-refractivity contribution is 5.84. The zero-order valence-electron chi connectivity index (χ0n) is 16.7. The standard InChI is InChI=1S/C19H35N3O4/c1-15(23)20-16-6-11-21(12-7-16)14-19(25)8-5-10-22(13-9-19)17(24)18(2,3)26-4/h16,25H,5-14H2,1-4H3,(H,20,23). The Hall–Kier alpha value is -1.18. The summed E-state index contributed by atoms with van der Waals surface area (Å²) in [7, 11) is 1.55. The number of hydrogen-bond acceptors (Lipinski definition) is 5. The largest absolute Gasteiger partial charge is 0.388 e. The van der Waals surface area contributed by atoms with Crippen LogP contribution in [0.5, 0.6) is 0 Å². The first-order valence-corrected chi connectivity index (χ1v) is 9.71. The second-order valence-electron chi connectivity index (χ2n) is 8.34. The lowest BCUT2D eigenvalue weighted by atomic mass is 9.93. The maximum Gasteiger partial charge on any atom is 0.254 e. The van der Waals surface area contributed by atoms with Crippen LogP contribution in [0.15, 0.2) is 0 Å². The molecule has 0 aromatic heterocycles. The summed E-state index contributed by atoms with van der Waals surface area (Å²) in [6, 6.07) is 0.247. The maximum atomic E-state index is 12.6. The molecule has 26 heavy (non-hydrogen) atoms. The second kappa shape index (κ2) is 8.67. The van der Waals surface area contributed by atoms with E-state index in [2.05, 4.69) is 10.2 Å². The van der Waals surface area contributed by atoms with Crippen molar-refractivity contribution in [2.45, 2.75) is 70.1 Å². The van der Waals surface area contributed by atoms with Crippen LogP contribution in [-0.4, -0.2) is 83.8 Å². The molecule has 0 aliphatic carbocycles. The first-order valence-electron chi connectivity index (χ1n) is 9.71. The molecule has 2 N–H and O–H groups in total. The lowest BCUT2D eigenvalue weighted by molar-refractivity contribution is -0.151. The fourth-order valence-corrected chi connectivity index (χ4v) is 3.95. The minimum atomic E-state index is -0.825. The summed E-state index contributed by atoms with van der Waals surface area (Å²) in [6.07, 6.45) is 3.93. The summed E-state index contributed by atoms with van der Waals surface area (Å²) in [5, 5.41) is 14.1. The molecule has 7 heteroatoms. The highest BCUT2D eigenvalue weighted by Crippen LogP contribution is 2.26. The Balaban J connectivity index is 1.85. The van der Waals surface area contributed by atoms with Gasteiger partial charge in [0.1, 0.15) is 5.60 Å². The molecule has 1 atom stereocenters. The first kappa shape index (κ1) is 21.1. The molecule has 2 heterocycles. The van der Waals surface area contributed by atoms with E-state index in [0.29, 0.717) is 32.5 Å². The topological polar surface area (TPSA) is 82.1 Å². The van der Waals surface area contributed by atoms with Crippen molar-refractivity contribution in [1.29, 1.82) is 0 Å². The van der Waals surface area contributed by atoms with Gasteiger partial charge in [0.2, 0.25) is 5.91 Å². The molecule has 7 nitrogen and oxygen atoms in total. The van der Waals surface area contributed by atoms with Crippen molar-refractivity contribution >= 4 is 11.8 Å². The fraction of sp³-hybridized carbons (Fsp3) is 0.895. The van der Waals surface area contributed by atoms with Crippen LogP contribution in [-0.2, 0) is 14.3 Å². The van der Waals surface area contributed by atoms with Crippen molar-refractivity contribution in [3.63, 3.8) is 0 Å². The zero-order valence-corrected chi connectivity index (χ0v) is 16.7. The van der Waals surface area contributed by atoms with Gasteiger partial charge in [-0.25, -0.2) is 0 Å². The van der Waals surface area contributed by atoms with Gasteiger partial charge in [0.25, 0.3) is 5.91 Å². The van der Waals surface area contributed by atoms with Crippen molar-refractivity contribution in [2.75, 3.05) is 39.8 Å². The van der Waals surface area contributed by atoms with Gasteiger partial charge in [-0.05, 0) is 46.0 Å². The first-order chi connectivity index (χ1) is 12.1. The van der Waals surface area contributed by atoms with E-state index in [1.165, 1.54) is 0 Å². The number of piperidine rings is 1. The number of carbonyl (C=O) groups is 2. The summed E-state index contributed by atoms with van der Waals surface area (Å²) in [5.74, 6) is 0.00922. The molecule has 0 saturated carbocycles. The third kappa shape index (κ3) is 5.66.